The molecule has 2 saturated heterocycles. The van der Waals surface area contributed by atoms with Gasteiger partial charge in [-0.25, -0.2) is 4.79 Å². The van der Waals surface area contributed by atoms with Crippen LogP contribution in [0, 0.1) is 0 Å². The Hall–Kier alpha value is -4.27. The van der Waals surface area contributed by atoms with Crippen molar-refractivity contribution in [3.8, 4) is 5.75 Å². The van der Waals surface area contributed by atoms with Gasteiger partial charge in [-0.15, -0.1) is 0 Å². The minimum atomic E-state index is -2.02. The van der Waals surface area contributed by atoms with Gasteiger partial charge < -0.3 is 62.5 Å². The second kappa shape index (κ2) is 24.1. The number of hydrogen-bond donors (Lipinski definition) is 2. The Kier molecular flexibility index (Phi) is 19.1. The molecule has 2 heterocycles. The Balaban J connectivity index is 1.57. The van der Waals surface area contributed by atoms with E-state index in [9.17, 15) is 24.3 Å². The number of benzene rings is 3. The van der Waals surface area contributed by atoms with Gasteiger partial charge in [-0.1, -0.05) is 108 Å². The summed E-state index contributed by atoms with van der Waals surface area (Å²) >= 11 is 17.6. The van der Waals surface area contributed by atoms with E-state index < -0.39 is 102 Å². The first kappa shape index (κ1) is 49.7. The smallest absolute Gasteiger partial charge is 0.407 e. The number of carbonyl (C=O) groups excluding carboxylic acids is 4. The number of amides is 1. The van der Waals surface area contributed by atoms with E-state index in [-0.39, 0.29) is 26.4 Å². The van der Waals surface area contributed by atoms with Gasteiger partial charge in [0.2, 0.25) is 3.79 Å². The lowest BCUT2D eigenvalue weighted by Crippen LogP contribution is -2.69. The van der Waals surface area contributed by atoms with Gasteiger partial charge in [-0.3, -0.25) is 14.4 Å². The molecule has 0 aromatic heterocycles. The lowest BCUT2D eigenvalue weighted by atomic mass is 9.94. The Morgan fingerprint density at radius 3 is 1.76 bits per heavy atom. The summed E-state index contributed by atoms with van der Waals surface area (Å²) in [5, 5.41) is 14.2. The molecule has 0 bridgehead atoms. The van der Waals surface area contributed by atoms with Crippen molar-refractivity contribution in [2.45, 2.75) is 106 Å². The van der Waals surface area contributed by atoms with Crippen LogP contribution in [0.15, 0.2) is 84.9 Å². The van der Waals surface area contributed by atoms with Gasteiger partial charge in [-0.05, 0) is 28.8 Å². The fourth-order valence-corrected chi connectivity index (χ4v) is 6.92. The molecule has 5 rings (SSSR count). The van der Waals surface area contributed by atoms with E-state index in [1.54, 1.807) is 19.2 Å². The van der Waals surface area contributed by atoms with Crippen LogP contribution in [0.3, 0.4) is 0 Å². The number of esters is 3. The molecule has 3 aromatic rings. The highest BCUT2D eigenvalue weighted by Gasteiger charge is 2.55. The summed E-state index contributed by atoms with van der Waals surface area (Å²) in [6.45, 7) is 2.01. The second-order valence-electron chi connectivity index (χ2n) is 14.4. The van der Waals surface area contributed by atoms with E-state index in [0.29, 0.717) is 5.75 Å². The molecule has 0 unspecified atom stereocenters. The summed E-state index contributed by atoms with van der Waals surface area (Å²) in [4.78, 5) is 50.7. The number of hydrogen-bond acceptors (Lipinski definition) is 16. The minimum Gasteiger partial charge on any atom is -0.497 e. The third kappa shape index (κ3) is 15.7. The van der Waals surface area contributed by atoms with Gasteiger partial charge in [0.25, 0.3) is 0 Å². The molecule has 2 aliphatic heterocycles. The highest BCUT2D eigenvalue weighted by molar-refractivity contribution is 6.67. The molecule has 1 amide bonds. The maximum atomic E-state index is 13.4. The Bertz CT molecular complexity index is 1910. The van der Waals surface area contributed by atoms with Gasteiger partial charge in [0.05, 0.1) is 33.5 Å². The standard InChI is InChI=1S/C43H50Cl3NO16/c1-25(48)55-23-33-35(59-26(2)49)37(60-27(3)50)34(47-42(52)58-24-43(44,45)46)41(62-33)63-36-32(22-54-19-30-15-17-31(53-4)18-16-30)61-40(51)39(57-21-29-13-9-6-10-14-29)38(36)56-20-28-11-7-5-8-12-28/h5-18,32-41,51H,19-24H2,1-4H3,(H,47,52)/t32-,33-,34-,35-,36-,37-,38+,39-,40-,41+/m1/s1. The van der Waals surface area contributed by atoms with Crippen molar-refractivity contribution in [3.05, 3.63) is 102 Å². The lowest BCUT2D eigenvalue weighted by Gasteiger charge is -2.49. The summed E-state index contributed by atoms with van der Waals surface area (Å²) in [5.41, 5.74) is 2.32. The van der Waals surface area contributed by atoms with E-state index in [1.165, 1.54) is 0 Å². The molecule has 10 atom stereocenters. The SMILES string of the molecule is COc1ccc(COC[C@H]2O[C@@H](O)[C@H](OCc3ccccc3)[C@@H](OCc3ccccc3)[C@@H]2O[C@@H]2O[C@H](COC(C)=O)[C@@H](OC(C)=O)[C@H](OC(C)=O)[C@H]2NC(=O)OCC(Cl)(Cl)Cl)cc1. The molecule has 2 N–H and O–H groups in total. The molecule has 2 fully saturated rings. The number of carbonyl (C=O) groups is 4. The van der Waals surface area contributed by atoms with Crippen LogP contribution >= 0.6 is 34.8 Å². The fraction of sp³-hybridized carbons (Fsp3) is 0.488. The number of rotatable bonds is 19. The van der Waals surface area contributed by atoms with E-state index in [0.717, 1.165) is 37.5 Å². The molecule has 2 aliphatic rings. The lowest BCUT2D eigenvalue weighted by molar-refractivity contribution is -0.353. The first-order valence-corrected chi connectivity index (χ1v) is 20.9. The topological polar surface area (TPSA) is 202 Å². The van der Waals surface area contributed by atoms with Gasteiger partial charge in [0, 0.05) is 20.8 Å². The molecule has 0 saturated carbocycles. The maximum Gasteiger partial charge on any atom is 0.407 e. The Morgan fingerprint density at radius 1 is 0.651 bits per heavy atom. The van der Waals surface area contributed by atoms with E-state index >= 15 is 0 Å². The van der Waals surface area contributed by atoms with Crippen LogP contribution in [-0.2, 0) is 81.6 Å². The van der Waals surface area contributed by atoms with Crippen LogP contribution in [-0.4, -0.2) is 121 Å². The van der Waals surface area contributed by atoms with Gasteiger partial charge in [0.1, 0.15) is 55.5 Å². The quantitative estimate of drug-likeness (QED) is 0.0912. The minimum absolute atomic E-state index is 0.00105. The average Bonchev–Trinajstić information content (AvgIpc) is 3.24. The third-order valence-electron chi connectivity index (χ3n) is 9.53. The van der Waals surface area contributed by atoms with Crippen molar-refractivity contribution < 1.29 is 76.4 Å². The van der Waals surface area contributed by atoms with Crippen LogP contribution in [0.1, 0.15) is 37.5 Å². The van der Waals surface area contributed by atoms with E-state index in [1.807, 2.05) is 72.8 Å². The zero-order chi connectivity index (χ0) is 45.5. The number of aliphatic hydroxyl groups excluding tert-OH is 1. The van der Waals surface area contributed by atoms with Crippen molar-refractivity contribution in [2.24, 2.45) is 0 Å². The van der Waals surface area contributed by atoms with Crippen LogP contribution in [0.5, 0.6) is 5.75 Å². The second-order valence-corrected chi connectivity index (χ2v) is 16.9. The molecule has 0 spiro atoms. The number of alkyl halides is 3. The predicted molar refractivity (Wildman–Crippen MR) is 223 cm³/mol. The number of alkyl carbamates (subject to hydrolysis) is 1. The largest absolute Gasteiger partial charge is 0.497 e. The highest BCUT2D eigenvalue weighted by atomic mass is 35.6. The number of ether oxygens (including phenoxy) is 11. The number of methoxy groups -OCH3 is 1. The van der Waals surface area contributed by atoms with Crippen LogP contribution in [0.4, 0.5) is 4.79 Å². The van der Waals surface area contributed by atoms with E-state index in [4.69, 9.17) is 86.9 Å². The molecule has 20 heteroatoms. The normalized spacial score (nSPS) is 25.9. The highest BCUT2D eigenvalue weighted by Crippen LogP contribution is 2.35. The van der Waals surface area contributed by atoms with Gasteiger partial charge in [0.15, 0.2) is 24.8 Å². The Labute approximate surface area is 379 Å². The molecule has 344 valence electrons. The summed E-state index contributed by atoms with van der Waals surface area (Å²) in [7, 11) is 1.55. The third-order valence-corrected chi connectivity index (χ3v) is 9.86. The Morgan fingerprint density at radius 2 is 1.21 bits per heavy atom. The summed E-state index contributed by atoms with van der Waals surface area (Å²) in [6.07, 6.45) is -13.8. The van der Waals surface area contributed by atoms with Crippen LogP contribution in [0.25, 0.3) is 0 Å². The first-order valence-electron chi connectivity index (χ1n) is 19.7. The molecule has 17 nitrogen and oxygen atoms in total. The summed E-state index contributed by atoms with van der Waals surface area (Å²) < 4.78 is 63.4. The molecule has 0 radical (unpaired) electrons. The predicted octanol–water partition coefficient (Wildman–Crippen LogP) is 5.10. The van der Waals surface area contributed by atoms with Crippen molar-refractivity contribution in [1.82, 2.24) is 5.32 Å². The summed E-state index contributed by atoms with van der Waals surface area (Å²) in [6, 6.07) is 24.0. The average molecular weight is 943 g/mol. The van der Waals surface area contributed by atoms with Crippen LogP contribution < -0.4 is 10.1 Å². The molecule has 3 aromatic carbocycles. The number of halogens is 3. The van der Waals surface area contributed by atoms with Crippen molar-refractivity contribution >= 4 is 58.8 Å². The fourth-order valence-electron chi connectivity index (χ4n) is 6.76. The van der Waals surface area contributed by atoms with Gasteiger partial charge in [-0.2, -0.15) is 0 Å². The molecule has 63 heavy (non-hydrogen) atoms. The van der Waals surface area contributed by atoms with Crippen molar-refractivity contribution in [2.75, 3.05) is 26.9 Å². The zero-order valence-electron chi connectivity index (χ0n) is 34.8. The van der Waals surface area contributed by atoms with Crippen molar-refractivity contribution in [3.63, 3.8) is 0 Å². The zero-order valence-corrected chi connectivity index (χ0v) is 37.1. The maximum absolute atomic E-state index is 13.4. The molecular weight excluding hydrogens is 893 g/mol. The number of nitrogens with one attached hydrogen (secondary N) is 1. The molecule has 0 aliphatic carbocycles. The molecular formula is C43H50Cl3NO16. The van der Waals surface area contributed by atoms with Crippen molar-refractivity contribution in [1.29, 1.82) is 0 Å². The van der Waals surface area contributed by atoms with Crippen LogP contribution in [0.2, 0.25) is 0 Å². The van der Waals surface area contributed by atoms with Gasteiger partial charge >= 0.3 is 24.0 Å². The van der Waals surface area contributed by atoms with E-state index in [2.05, 4.69) is 5.32 Å². The monoisotopic (exact) mass is 941 g/mol. The first-order chi connectivity index (χ1) is 30.1. The summed E-state index contributed by atoms with van der Waals surface area (Å²) in [5.74, 6) is -1.76. The number of aliphatic hydroxyl groups is 1.